The van der Waals surface area contributed by atoms with Gasteiger partial charge in [-0.2, -0.15) is 0 Å². The zero-order valence-corrected chi connectivity index (χ0v) is 8.07. The number of nitrogens with zero attached hydrogens (tertiary/aromatic N) is 2. The number of aliphatic hydroxyl groups is 1. The third-order valence-electron chi connectivity index (χ3n) is 1.51. The minimum absolute atomic E-state index is 0.320. The summed E-state index contributed by atoms with van der Waals surface area (Å²) in [5.41, 5.74) is 5.26. The molecule has 1 atom stereocenters. The van der Waals surface area contributed by atoms with Crippen LogP contribution in [0.15, 0.2) is 23.6 Å². The summed E-state index contributed by atoms with van der Waals surface area (Å²) in [5, 5.41) is 10.0. The Bertz CT molecular complexity index is 232. The van der Waals surface area contributed by atoms with Gasteiger partial charge in [-0.15, -0.1) is 11.8 Å². The molecule has 0 aliphatic rings. The van der Waals surface area contributed by atoms with E-state index in [2.05, 4.69) is 9.97 Å². The van der Waals surface area contributed by atoms with E-state index in [1.54, 1.807) is 30.4 Å². The highest BCUT2D eigenvalue weighted by atomic mass is 32.2. The highest BCUT2D eigenvalue weighted by Gasteiger charge is 2.01. The first-order valence-electron chi connectivity index (χ1n) is 4.10. The van der Waals surface area contributed by atoms with Gasteiger partial charge in [0.2, 0.25) is 0 Å². The van der Waals surface area contributed by atoms with E-state index >= 15 is 0 Å². The van der Waals surface area contributed by atoms with E-state index in [1.165, 1.54) is 0 Å². The van der Waals surface area contributed by atoms with Crippen molar-refractivity contribution in [2.45, 2.75) is 17.6 Å². The van der Waals surface area contributed by atoms with Gasteiger partial charge in [0, 0.05) is 24.7 Å². The number of aromatic nitrogens is 2. The summed E-state index contributed by atoms with van der Waals surface area (Å²) in [6.45, 7) is 0.320. The fraction of sp³-hybridized carbons (Fsp3) is 0.500. The van der Waals surface area contributed by atoms with E-state index in [9.17, 15) is 0 Å². The van der Waals surface area contributed by atoms with Crippen molar-refractivity contribution in [3.63, 3.8) is 0 Å². The molecule has 3 N–H and O–H groups in total. The Balaban J connectivity index is 2.20. The van der Waals surface area contributed by atoms with Crippen LogP contribution in [0.25, 0.3) is 0 Å². The van der Waals surface area contributed by atoms with Crippen LogP contribution in [-0.2, 0) is 0 Å². The quantitative estimate of drug-likeness (QED) is 0.666. The SMILES string of the molecule is NCC(O)CCSc1cnccn1. The maximum absolute atomic E-state index is 9.16. The van der Waals surface area contributed by atoms with Crippen LogP contribution < -0.4 is 5.73 Å². The van der Waals surface area contributed by atoms with Gasteiger partial charge in [-0.25, -0.2) is 4.98 Å². The van der Waals surface area contributed by atoms with Crippen LogP contribution in [0.4, 0.5) is 0 Å². The lowest BCUT2D eigenvalue weighted by atomic mass is 10.3. The summed E-state index contributed by atoms with van der Waals surface area (Å²) in [6, 6.07) is 0. The van der Waals surface area contributed by atoms with Crippen LogP contribution in [0.3, 0.4) is 0 Å². The standard InChI is InChI=1S/C8H13N3OS/c9-5-7(12)1-4-13-8-6-10-2-3-11-8/h2-3,6-7,12H,1,4-5,9H2. The number of hydrogen-bond donors (Lipinski definition) is 2. The second kappa shape index (κ2) is 5.90. The predicted molar refractivity (Wildman–Crippen MR) is 52.4 cm³/mol. The molecule has 72 valence electrons. The average Bonchev–Trinajstić information content (AvgIpc) is 2.19. The molecule has 1 aromatic rings. The monoisotopic (exact) mass is 199 g/mol. The minimum atomic E-state index is -0.399. The lowest BCUT2D eigenvalue weighted by Gasteiger charge is -2.05. The zero-order chi connectivity index (χ0) is 9.52. The van der Waals surface area contributed by atoms with Crippen LogP contribution in [0.5, 0.6) is 0 Å². The van der Waals surface area contributed by atoms with Crippen molar-refractivity contribution in [2.24, 2.45) is 5.73 Å². The van der Waals surface area contributed by atoms with Crippen LogP contribution in [-0.4, -0.2) is 33.5 Å². The molecule has 0 amide bonds. The molecule has 0 aliphatic carbocycles. The minimum Gasteiger partial charge on any atom is -0.392 e. The van der Waals surface area contributed by atoms with Gasteiger partial charge in [-0.05, 0) is 6.42 Å². The zero-order valence-electron chi connectivity index (χ0n) is 7.26. The first kappa shape index (κ1) is 10.4. The summed E-state index contributed by atoms with van der Waals surface area (Å²) in [7, 11) is 0. The van der Waals surface area contributed by atoms with E-state index < -0.39 is 6.10 Å². The van der Waals surface area contributed by atoms with Gasteiger partial charge in [0.25, 0.3) is 0 Å². The molecule has 0 fully saturated rings. The van der Waals surface area contributed by atoms with E-state index in [0.29, 0.717) is 13.0 Å². The van der Waals surface area contributed by atoms with Crippen molar-refractivity contribution in [3.8, 4) is 0 Å². The lowest BCUT2D eigenvalue weighted by molar-refractivity contribution is 0.180. The summed E-state index contributed by atoms with van der Waals surface area (Å²) in [4.78, 5) is 8.02. The first-order valence-corrected chi connectivity index (χ1v) is 5.08. The molecule has 0 aromatic carbocycles. The molecule has 13 heavy (non-hydrogen) atoms. The van der Waals surface area contributed by atoms with Crippen LogP contribution in [0.1, 0.15) is 6.42 Å². The summed E-state index contributed by atoms with van der Waals surface area (Å²) in [6.07, 6.45) is 5.29. The average molecular weight is 199 g/mol. The lowest BCUT2D eigenvalue weighted by Crippen LogP contribution is -2.20. The van der Waals surface area contributed by atoms with E-state index in [1.807, 2.05) is 0 Å². The molecule has 4 nitrogen and oxygen atoms in total. The molecule has 0 radical (unpaired) electrons. The molecule has 1 aromatic heterocycles. The highest BCUT2D eigenvalue weighted by molar-refractivity contribution is 7.99. The third kappa shape index (κ3) is 4.21. The van der Waals surface area contributed by atoms with Gasteiger partial charge in [0.1, 0.15) is 5.03 Å². The topological polar surface area (TPSA) is 72.0 Å². The smallest absolute Gasteiger partial charge is 0.114 e. The number of rotatable bonds is 5. The fourth-order valence-electron chi connectivity index (χ4n) is 0.777. The number of hydrogen-bond acceptors (Lipinski definition) is 5. The normalized spacial score (nSPS) is 12.8. The maximum Gasteiger partial charge on any atom is 0.114 e. The van der Waals surface area contributed by atoms with Gasteiger partial charge in [0.05, 0.1) is 12.3 Å². The van der Waals surface area contributed by atoms with E-state index in [4.69, 9.17) is 10.8 Å². The molecule has 5 heteroatoms. The number of nitrogens with two attached hydrogens (primary N) is 1. The molecule has 0 spiro atoms. The Kier molecular flexibility index (Phi) is 4.74. The molecule has 0 aliphatic heterocycles. The van der Waals surface area contributed by atoms with Gasteiger partial charge in [0.15, 0.2) is 0 Å². The third-order valence-corrected chi connectivity index (χ3v) is 2.46. The maximum atomic E-state index is 9.16. The van der Waals surface area contributed by atoms with Crippen molar-refractivity contribution in [1.29, 1.82) is 0 Å². The molecule has 0 saturated heterocycles. The van der Waals surface area contributed by atoms with Crippen molar-refractivity contribution in [3.05, 3.63) is 18.6 Å². The van der Waals surface area contributed by atoms with Crippen molar-refractivity contribution >= 4 is 11.8 Å². The molecular weight excluding hydrogens is 186 g/mol. The Morgan fingerprint density at radius 1 is 1.54 bits per heavy atom. The molecule has 1 heterocycles. The molecule has 0 saturated carbocycles. The van der Waals surface area contributed by atoms with Crippen LogP contribution in [0, 0.1) is 0 Å². The Hall–Kier alpha value is -0.650. The number of aliphatic hydroxyl groups excluding tert-OH is 1. The fourth-order valence-corrected chi connectivity index (χ4v) is 1.65. The molecule has 1 rings (SSSR count). The van der Waals surface area contributed by atoms with E-state index in [0.717, 1.165) is 10.8 Å². The summed E-state index contributed by atoms with van der Waals surface area (Å²) in [5.74, 6) is 0.817. The largest absolute Gasteiger partial charge is 0.392 e. The number of thioether (sulfide) groups is 1. The first-order chi connectivity index (χ1) is 6.33. The molecule has 0 bridgehead atoms. The molecular formula is C8H13N3OS. The van der Waals surface area contributed by atoms with Crippen molar-refractivity contribution in [1.82, 2.24) is 9.97 Å². The summed E-state index contributed by atoms with van der Waals surface area (Å²) >= 11 is 1.57. The summed E-state index contributed by atoms with van der Waals surface area (Å²) < 4.78 is 0. The highest BCUT2D eigenvalue weighted by Crippen LogP contribution is 2.14. The Morgan fingerprint density at radius 2 is 2.38 bits per heavy atom. The van der Waals surface area contributed by atoms with Crippen LogP contribution >= 0.6 is 11.8 Å². The second-order valence-corrected chi connectivity index (χ2v) is 3.69. The predicted octanol–water partition coefficient (Wildman–Crippen LogP) is 0.278. The van der Waals surface area contributed by atoms with Crippen LogP contribution in [0.2, 0.25) is 0 Å². The Labute approximate surface area is 81.6 Å². The Morgan fingerprint density at radius 3 is 3.00 bits per heavy atom. The molecule has 1 unspecified atom stereocenters. The van der Waals surface area contributed by atoms with E-state index in [-0.39, 0.29) is 0 Å². The van der Waals surface area contributed by atoms with Gasteiger partial charge < -0.3 is 10.8 Å². The van der Waals surface area contributed by atoms with Gasteiger partial charge >= 0.3 is 0 Å². The van der Waals surface area contributed by atoms with Gasteiger partial charge in [-0.1, -0.05) is 0 Å². The second-order valence-electron chi connectivity index (χ2n) is 2.57. The van der Waals surface area contributed by atoms with Crippen molar-refractivity contribution < 1.29 is 5.11 Å². The van der Waals surface area contributed by atoms with Gasteiger partial charge in [-0.3, -0.25) is 4.98 Å². The van der Waals surface area contributed by atoms with Crippen molar-refractivity contribution in [2.75, 3.05) is 12.3 Å².